The van der Waals surface area contributed by atoms with E-state index in [1.807, 2.05) is 0 Å². The fourth-order valence-electron chi connectivity index (χ4n) is 2.85. The number of carboxylic acids is 1. The summed E-state index contributed by atoms with van der Waals surface area (Å²) in [7, 11) is 1.74. The number of aliphatic carboxylic acids is 1. The van der Waals surface area contributed by atoms with E-state index in [1.54, 1.807) is 11.9 Å². The van der Waals surface area contributed by atoms with Crippen LogP contribution in [0.2, 0.25) is 0 Å². The molecule has 0 bridgehead atoms. The number of hydrogen-bond donors (Lipinski definition) is 2. The lowest BCUT2D eigenvalue weighted by atomic mass is 9.85. The van der Waals surface area contributed by atoms with Gasteiger partial charge >= 0.3 is 12.0 Å². The van der Waals surface area contributed by atoms with Gasteiger partial charge in [0.1, 0.15) is 0 Å². The van der Waals surface area contributed by atoms with Gasteiger partial charge in [0.25, 0.3) is 0 Å². The van der Waals surface area contributed by atoms with Crippen LogP contribution in [-0.2, 0) is 9.59 Å². The van der Waals surface area contributed by atoms with E-state index in [2.05, 4.69) is 12.2 Å². The van der Waals surface area contributed by atoms with Gasteiger partial charge in [-0.3, -0.25) is 14.9 Å². The van der Waals surface area contributed by atoms with E-state index in [4.69, 9.17) is 5.11 Å². The number of unbranched alkanes of at least 4 members (excludes halogenated alkanes) is 1. The first-order valence-electron chi connectivity index (χ1n) is 7.70. The molecule has 2 atom stereocenters. The lowest BCUT2D eigenvalue weighted by Crippen LogP contribution is -2.48. The summed E-state index contributed by atoms with van der Waals surface area (Å²) in [6.07, 6.45) is 5.60. The Kier molecular flexibility index (Phi) is 7.19. The Morgan fingerprint density at radius 3 is 2.38 bits per heavy atom. The minimum Gasteiger partial charge on any atom is -0.481 e. The lowest BCUT2D eigenvalue weighted by molar-refractivity contribution is -0.137. The van der Waals surface area contributed by atoms with Gasteiger partial charge in [0.05, 0.1) is 0 Å². The van der Waals surface area contributed by atoms with E-state index >= 15 is 0 Å². The van der Waals surface area contributed by atoms with Crippen molar-refractivity contribution in [3.63, 3.8) is 0 Å². The van der Waals surface area contributed by atoms with Gasteiger partial charge in [-0.1, -0.05) is 19.8 Å². The number of imide groups is 1. The molecule has 0 aromatic carbocycles. The Morgan fingerprint density at radius 1 is 1.14 bits per heavy atom. The summed E-state index contributed by atoms with van der Waals surface area (Å²) in [5, 5.41) is 10.9. The van der Waals surface area contributed by atoms with E-state index in [0.717, 1.165) is 19.3 Å². The predicted molar refractivity (Wildman–Crippen MR) is 78.8 cm³/mol. The number of rotatable bonds is 6. The molecule has 6 heteroatoms. The molecule has 0 aromatic rings. The molecular formula is C15H26N2O4. The Balaban J connectivity index is 2.30. The molecule has 1 saturated carbocycles. The SMILES string of the molecule is CC1CCCCC1N(C)C(=O)NC(=O)CCCCC(=O)O. The maximum absolute atomic E-state index is 12.0. The highest BCUT2D eigenvalue weighted by Crippen LogP contribution is 2.27. The highest BCUT2D eigenvalue weighted by molar-refractivity contribution is 5.94. The molecule has 1 fully saturated rings. The molecule has 1 rings (SSSR count). The third-order valence-electron chi connectivity index (χ3n) is 4.17. The summed E-state index contributed by atoms with van der Waals surface area (Å²) >= 11 is 0. The molecule has 0 saturated heterocycles. The molecule has 0 aromatic heterocycles. The zero-order chi connectivity index (χ0) is 15.8. The summed E-state index contributed by atoms with van der Waals surface area (Å²) < 4.78 is 0. The van der Waals surface area contributed by atoms with Gasteiger partial charge < -0.3 is 10.0 Å². The van der Waals surface area contributed by atoms with Crippen molar-refractivity contribution in [2.45, 2.75) is 64.3 Å². The number of carboxylic acid groups (broad SMARTS) is 1. The average molecular weight is 298 g/mol. The fraction of sp³-hybridized carbons (Fsp3) is 0.800. The minimum absolute atomic E-state index is 0.0563. The van der Waals surface area contributed by atoms with Gasteiger partial charge in [0, 0.05) is 25.9 Å². The van der Waals surface area contributed by atoms with Crippen molar-refractivity contribution in [3.05, 3.63) is 0 Å². The molecule has 0 spiro atoms. The van der Waals surface area contributed by atoms with Crippen LogP contribution in [0.4, 0.5) is 4.79 Å². The molecule has 0 aliphatic heterocycles. The van der Waals surface area contributed by atoms with Crippen molar-refractivity contribution >= 4 is 17.9 Å². The van der Waals surface area contributed by atoms with E-state index in [9.17, 15) is 14.4 Å². The second-order valence-electron chi connectivity index (χ2n) is 5.89. The number of urea groups is 1. The van der Waals surface area contributed by atoms with Crippen LogP contribution < -0.4 is 5.32 Å². The number of hydrogen-bond acceptors (Lipinski definition) is 3. The molecule has 2 unspecified atom stereocenters. The van der Waals surface area contributed by atoms with Crippen molar-refractivity contribution in [3.8, 4) is 0 Å². The van der Waals surface area contributed by atoms with Gasteiger partial charge in [-0.15, -0.1) is 0 Å². The maximum atomic E-state index is 12.0. The number of nitrogens with zero attached hydrogens (tertiary/aromatic N) is 1. The zero-order valence-corrected chi connectivity index (χ0v) is 12.9. The van der Waals surface area contributed by atoms with Crippen LogP contribution in [0.25, 0.3) is 0 Å². The minimum atomic E-state index is -0.863. The summed E-state index contributed by atoms with van der Waals surface area (Å²) in [6.45, 7) is 2.14. The lowest BCUT2D eigenvalue weighted by Gasteiger charge is -2.36. The summed E-state index contributed by atoms with van der Waals surface area (Å²) in [4.78, 5) is 35.7. The van der Waals surface area contributed by atoms with Crippen LogP contribution in [0.5, 0.6) is 0 Å². The molecule has 2 N–H and O–H groups in total. The van der Waals surface area contributed by atoms with Crippen LogP contribution in [-0.4, -0.2) is 41.0 Å². The molecule has 6 nitrogen and oxygen atoms in total. The number of nitrogens with one attached hydrogen (secondary N) is 1. The van der Waals surface area contributed by atoms with E-state index in [1.165, 1.54) is 6.42 Å². The highest BCUT2D eigenvalue weighted by atomic mass is 16.4. The van der Waals surface area contributed by atoms with Gasteiger partial charge in [-0.25, -0.2) is 4.79 Å². The molecule has 120 valence electrons. The molecular weight excluding hydrogens is 272 g/mol. The zero-order valence-electron chi connectivity index (χ0n) is 12.9. The third kappa shape index (κ3) is 6.14. The molecule has 3 amide bonds. The summed E-state index contributed by atoms with van der Waals surface area (Å²) in [5.74, 6) is -0.738. The predicted octanol–water partition coefficient (Wildman–Crippen LogP) is 2.38. The van der Waals surface area contributed by atoms with Crippen molar-refractivity contribution in [2.24, 2.45) is 5.92 Å². The van der Waals surface area contributed by atoms with Gasteiger partial charge in [0.15, 0.2) is 0 Å². The Morgan fingerprint density at radius 2 is 1.76 bits per heavy atom. The number of carbonyl (C=O) groups excluding carboxylic acids is 2. The number of amides is 3. The first-order chi connectivity index (χ1) is 9.91. The molecule has 1 aliphatic rings. The van der Waals surface area contributed by atoms with E-state index < -0.39 is 5.97 Å². The van der Waals surface area contributed by atoms with Gasteiger partial charge in [-0.05, 0) is 31.6 Å². The molecule has 0 heterocycles. The van der Waals surface area contributed by atoms with Gasteiger partial charge in [-0.2, -0.15) is 0 Å². The standard InChI is InChI=1S/C15H26N2O4/c1-11-7-3-4-8-12(11)17(2)15(21)16-13(18)9-5-6-10-14(19)20/h11-12H,3-10H2,1-2H3,(H,19,20)(H,16,18,21). The third-order valence-corrected chi connectivity index (χ3v) is 4.17. The van der Waals surface area contributed by atoms with Crippen LogP contribution in [0.1, 0.15) is 58.3 Å². The Hall–Kier alpha value is -1.59. The fourth-order valence-corrected chi connectivity index (χ4v) is 2.85. The van der Waals surface area contributed by atoms with Crippen molar-refractivity contribution in [1.29, 1.82) is 0 Å². The first kappa shape index (κ1) is 17.5. The van der Waals surface area contributed by atoms with Crippen molar-refractivity contribution in [1.82, 2.24) is 10.2 Å². The van der Waals surface area contributed by atoms with Crippen LogP contribution >= 0.6 is 0 Å². The highest BCUT2D eigenvalue weighted by Gasteiger charge is 2.28. The second kappa shape index (κ2) is 8.64. The molecule has 1 aliphatic carbocycles. The largest absolute Gasteiger partial charge is 0.481 e. The average Bonchev–Trinajstić information content (AvgIpc) is 2.43. The summed E-state index contributed by atoms with van der Waals surface area (Å²) in [6, 6.07) is -0.157. The van der Waals surface area contributed by atoms with E-state index in [0.29, 0.717) is 18.8 Å². The second-order valence-corrected chi connectivity index (χ2v) is 5.89. The van der Waals surface area contributed by atoms with Gasteiger partial charge in [0.2, 0.25) is 5.91 Å². The first-order valence-corrected chi connectivity index (χ1v) is 7.70. The van der Waals surface area contributed by atoms with E-state index in [-0.39, 0.29) is 30.8 Å². The Labute approximate surface area is 125 Å². The monoisotopic (exact) mass is 298 g/mol. The molecule has 21 heavy (non-hydrogen) atoms. The van der Waals surface area contributed by atoms with Crippen LogP contribution in [0.3, 0.4) is 0 Å². The Bertz CT molecular complexity index is 384. The number of carbonyl (C=O) groups is 3. The maximum Gasteiger partial charge on any atom is 0.324 e. The van der Waals surface area contributed by atoms with Crippen LogP contribution in [0, 0.1) is 5.92 Å². The topological polar surface area (TPSA) is 86.7 Å². The summed E-state index contributed by atoms with van der Waals surface area (Å²) in [5.41, 5.74) is 0. The normalized spacial score (nSPS) is 21.6. The quantitative estimate of drug-likeness (QED) is 0.737. The van der Waals surface area contributed by atoms with Crippen molar-refractivity contribution in [2.75, 3.05) is 7.05 Å². The smallest absolute Gasteiger partial charge is 0.324 e. The van der Waals surface area contributed by atoms with Crippen LogP contribution in [0.15, 0.2) is 0 Å². The molecule has 0 radical (unpaired) electrons. The van der Waals surface area contributed by atoms with Crippen molar-refractivity contribution < 1.29 is 19.5 Å².